The van der Waals surface area contributed by atoms with E-state index in [1.54, 1.807) is 0 Å². The molecule has 2 heterocycles. The van der Waals surface area contributed by atoms with E-state index in [-0.39, 0.29) is 0 Å². The molecule has 0 amide bonds. The summed E-state index contributed by atoms with van der Waals surface area (Å²) in [5.74, 6) is 1.13. The topological polar surface area (TPSA) is 54.7 Å². The molecule has 3 aromatic carbocycles. The van der Waals surface area contributed by atoms with E-state index in [4.69, 9.17) is 4.52 Å². The third kappa shape index (κ3) is 2.70. The highest BCUT2D eigenvalue weighted by atomic mass is 16.5. The molecule has 2 aromatic heterocycles. The third-order valence-electron chi connectivity index (χ3n) is 5.17. The van der Waals surface area contributed by atoms with Crippen LogP contribution in [0.4, 0.5) is 0 Å². The minimum Gasteiger partial charge on any atom is -0.361 e. The largest absolute Gasteiger partial charge is 0.361 e. The van der Waals surface area contributed by atoms with E-state index >= 15 is 0 Å². The second-order valence-corrected chi connectivity index (χ2v) is 7.01. The van der Waals surface area contributed by atoms with Crippen LogP contribution < -0.4 is 0 Å². The Morgan fingerprint density at radius 3 is 2.46 bits per heavy atom. The first-order chi connectivity index (χ1) is 13.7. The molecule has 0 aliphatic heterocycles. The Bertz CT molecular complexity index is 1300. The van der Waals surface area contributed by atoms with Crippen LogP contribution in [0.3, 0.4) is 0 Å². The predicted octanol–water partition coefficient (Wildman–Crippen LogP) is 6.17. The normalized spacial score (nSPS) is 11.2. The number of aromatic nitrogens is 3. The number of fused-ring (bicyclic) bond motifs is 1. The maximum Gasteiger partial charge on any atom is 0.258 e. The summed E-state index contributed by atoms with van der Waals surface area (Å²) in [5, 5.41) is 5.30. The smallest absolute Gasteiger partial charge is 0.258 e. The summed E-state index contributed by atoms with van der Waals surface area (Å²) >= 11 is 0. The Hall–Kier alpha value is -3.66. The molecule has 0 bridgehead atoms. The fourth-order valence-electron chi connectivity index (χ4n) is 3.70. The van der Waals surface area contributed by atoms with Crippen LogP contribution in [0.15, 0.2) is 77.4 Å². The summed E-state index contributed by atoms with van der Waals surface area (Å²) in [6.45, 7) is 4.25. The lowest BCUT2D eigenvalue weighted by Crippen LogP contribution is -1.88. The monoisotopic (exact) mass is 365 g/mol. The van der Waals surface area contributed by atoms with Gasteiger partial charge >= 0.3 is 0 Å². The summed E-state index contributed by atoms with van der Waals surface area (Å²) in [6, 6.07) is 22.8. The van der Waals surface area contributed by atoms with E-state index in [1.807, 2.05) is 36.5 Å². The highest BCUT2D eigenvalue weighted by molar-refractivity contribution is 5.93. The number of aryl methyl sites for hydroxylation is 2. The number of nitrogens with one attached hydrogen (secondary N) is 1. The van der Waals surface area contributed by atoms with Gasteiger partial charge in [-0.25, -0.2) is 0 Å². The Morgan fingerprint density at radius 2 is 1.61 bits per heavy atom. The average Bonchev–Trinajstić information content (AvgIpc) is 3.38. The van der Waals surface area contributed by atoms with Crippen LogP contribution in [-0.2, 0) is 0 Å². The molecule has 0 unspecified atom stereocenters. The number of benzene rings is 3. The van der Waals surface area contributed by atoms with E-state index < -0.39 is 0 Å². The fraction of sp³-hybridized carbons (Fsp3) is 0.0833. The second-order valence-electron chi connectivity index (χ2n) is 7.01. The maximum atomic E-state index is 5.58. The quantitative estimate of drug-likeness (QED) is 0.416. The number of hydrogen-bond acceptors (Lipinski definition) is 3. The maximum absolute atomic E-state index is 5.58. The SMILES string of the molecule is Cc1ccccc1-c1ccc(-c2nc(-c3cccc4[nH]ccc34)no2)cc1C. The zero-order valence-corrected chi connectivity index (χ0v) is 15.7. The molecule has 0 aliphatic carbocycles. The molecular formula is C24H19N3O. The molecule has 136 valence electrons. The molecule has 0 atom stereocenters. The standard InChI is InChI=1S/C24H19N3O/c1-15-6-3-4-7-18(15)19-11-10-17(14-16(19)2)24-26-23(27-28-24)21-8-5-9-22-20(21)12-13-25-22/h3-14,25H,1-2H3. The zero-order valence-electron chi connectivity index (χ0n) is 15.7. The van der Waals surface area contributed by atoms with Crippen LogP contribution in [0.1, 0.15) is 11.1 Å². The van der Waals surface area contributed by atoms with E-state index in [0.29, 0.717) is 11.7 Å². The zero-order chi connectivity index (χ0) is 19.1. The van der Waals surface area contributed by atoms with Crippen LogP contribution in [-0.4, -0.2) is 15.1 Å². The van der Waals surface area contributed by atoms with Crippen LogP contribution in [0.25, 0.3) is 44.9 Å². The first-order valence-corrected chi connectivity index (χ1v) is 9.28. The van der Waals surface area contributed by atoms with E-state index in [0.717, 1.165) is 22.0 Å². The van der Waals surface area contributed by atoms with Gasteiger partial charge in [-0.05, 0) is 60.4 Å². The lowest BCUT2D eigenvalue weighted by atomic mass is 9.95. The second kappa shape index (κ2) is 6.50. The molecule has 4 nitrogen and oxygen atoms in total. The van der Waals surface area contributed by atoms with Crippen molar-refractivity contribution in [1.82, 2.24) is 15.1 Å². The van der Waals surface area contributed by atoms with Crippen molar-refractivity contribution in [2.75, 3.05) is 0 Å². The molecule has 5 aromatic rings. The van der Waals surface area contributed by atoms with E-state index in [1.165, 1.54) is 22.3 Å². The molecular weight excluding hydrogens is 346 g/mol. The number of aromatic amines is 1. The number of hydrogen-bond donors (Lipinski definition) is 1. The van der Waals surface area contributed by atoms with Crippen LogP contribution >= 0.6 is 0 Å². The van der Waals surface area contributed by atoms with Gasteiger partial charge in [0, 0.05) is 28.2 Å². The van der Waals surface area contributed by atoms with Gasteiger partial charge in [0.05, 0.1) is 0 Å². The molecule has 28 heavy (non-hydrogen) atoms. The summed E-state index contributed by atoms with van der Waals surface area (Å²) in [7, 11) is 0. The van der Waals surface area contributed by atoms with Gasteiger partial charge in [-0.3, -0.25) is 0 Å². The van der Waals surface area contributed by atoms with Crippen molar-refractivity contribution < 1.29 is 4.52 Å². The average molecular weight is 365 g/mol. The minimum absolute atomic E-state index is 0.530. The van der Waals surface area contributed by atoms with Crippen molar-refractivity contribution in [2.24, 2.45) is 0 Å². The summed E-state index contributed by atoms with van der Waals surface area (Å²) < 4.78 is 5.58. The summed E-state index contributed by atoms with van der Waals surface area (Å²) in [6.07, 6.45) is 1.92. The molecule has 0 aliphatic rings. The first-order valence-electron chi connectivity index (χ1n) is 9.28. The first kappa shape index (κ1) is 16.5. The van der Waals surface area contributed by atoms with Gasteiger partial charge in [0.2, 0.25) is 5.82 Å². The fourth-order valence-corrected chi connectivity index (χ4v) is 3.70. The van der Waals surface area contributed by atoms with Crippen molar-refractivity contribution in [1.29, 1.82) is 0 Å². The van der Waals surface area contributed by atoms with Crippen LogP contribution in [0, 0.1) is 13.8 Å². The number of rotatable bonds is 3. The molecule has 5 rings (SSSR count). The van der Waals surface area contributed by atoms with E-state index in [9.17, 15) is 0 Å². The number of H-pyrrole nitrogens is 1. The Balaban J connectivity index is 1.54. The van der Waals surface area contributed by atoms with Gasteiger partial charge in [-0.2, -0.15) is 4.98 Å². The van der Waals surface area contributed by atoms with Gasteiger partial charge in [0.25, 0.3) is 5.89 Å². The molecule has 1 N–H and O–H groups in total. The van der Waals surface area contributed by atoms with Crippen molar-refractivity contribution in [3.05, 3.63) is 84.1 Å². The Labute approximate surface area is 162 Å². The van der Waals surface area contributed by atoms with Gasteiger partial charge in [0.1, 0.15) is 0 Å². The van der Waals surface area contributed by atoms with Gasteiger partial charge in [0.15, 0.2) is 0 Å². The van der Waals surface area contributed by atoms with Crippen LogP contribution in [0.2, 0.25) is 0 Å². The highest BCUT2D eigenvalue weighted by Crippen LogP contribution is 2.32. The molecule has 0 radical (unpaired) electrons. The van der Waals surface area contributed by atoms with Crippen LogP contribution in [0.5, 0.6) is 0 Å². The van der Waals surface area contributed by atoms with Crippen molar-refractivity contribution in [3.63, 3.8) is 0 Å². The van der Waals surface area contributed by atoms with Gasteiger partial charge < -0.3 is 9.51 Å². The Kier molecular flexibility index (Phi) is 3.83. The van der Waals surface area contributed by atoms with Crippen molar-refractivity contribution >= 4 is 10.9 Å². The highest BCUT2D eigenvalue weighted by Gasteiger charge is 2.14. The summed E-state index contributed by atoms with van der Waals surface area (Å²) in [4.78, 5) is 7.87. The molecule has 0 saturated carbocycles. The molecule has 0 spiro atoms. The van der Waals surface area contributed by atoms with Crippen molar-refractivity contribution in [3.8, 4) is 34.0 Å². The van der Waals surface area contributed by atoms with Gasteiger partial charge in [-0.1, -0.05) is 47.6 Å². The van der Waals surface area contributed by atoms with Gasteiger partial charge in [-0.15, -0.1) is 0 Å². The van der Waals surface area contributed by atoms with Crippen molar-refractivity contribution in [2.45, 2.75) is 13.8 Å². The lowest BCUT2D eigenvalue weighted by Gasteiger charge is -2.10. The summed E-state index contributed by atoms with van der Waals surface area (Å²) in [5.41, 5.74) is 7.85. The minimum atomic E-state index is 0.530. The molecule has 0 fully saturated rings. The lowest BCUT2D eigenvalue weighted by molar-refractivity contribution is 0.432. The molecule has 0 saturated heterocycles. The Morgan fingerprint density at radius 1 is 0.786 bits per heavy atom. The van der Waals surface area contributed by atoms with E-state index in [2.05, 4.69) is 65.4 Å². The third-order valence-corrected chi connectivity index (χ3v) is 5.17. The molecule has 4 heteroatoms. The number of nitrogens with zero attached hydrogens (tertiary/aromatic N) is 2. The predicted molar refractivity (Wildman–Crippen MR) is 112 cm³/mol.